The lowest BCUT2D eigenvalue weighted by molar-refractivity contribution is 0.146. The molecule has 1 aromatic rings. The third-order valence-electron chi connectivity index (χ3n) is 5.25. The molecule has 0 aliphatic carbocycles. The van der Waals surface area contributed by atoms with E-state index in [1.165, 1.54) is 0 Å². The van der Waals surface area contributed by atoms with Crippen LogP contribution in [0.2, 0.25) is 5.02 Å². The molecule has 0 spiro atoms. The fourth-order valence-electron chi connectivity index (χ4n) is 3.41. The third kappa shape index (κ3) is 4.59. The minimum Gasteiger partial charge on any atom is -0.376 e. The minimum absolute atomic E-state index is 0.0192. The molecule has 1 heterocycles. The standard InChI is InChI=1S/C19H31ClN4O/c1-13-16(7-8-17(18(13)20)22(3)4)14(2)21-19(25)24(6)15-9-11-23(5)12-10-15/h7-8,14-15H,9-12H2,1-6H3,(H,21,25). The molecule has 1 atom stereocenters. The number of urea groups is 1. The highest BCUT2D eigenvalue weighted by molar-refractivity contribution is 6.34. The summed E-state index contributed by atoms with van der Waals surface area (Å²) >= 11 is 6.50. The van der Waals surface area contributed by atoms with Gasteiger partial charge in [-0.25, -0.2) is 4.79 Å². The first-order valence-corrected chi connectivity index (χ1v) is 9.28. The van der Waals surface area contributed by atoms with E-state index in [2.05, 4.69) is 23.3 Å². The number of hydrogen-bond acceptors (Lipinski definition) is 3. The molecule has 1 N–H and O–H groups in total. The van der Waals surface area contributed by atoms with Crippen LogP contribution >= 0.6 is 11.6 Å². The average Bonchev–Trinajstić information content (AvgIpc) is 2.56. The third-order valence-corrected chi connectivity index (χ3v) is 5.73. The number of piperidine rings is 1. The SMILES string of the molecule is Cc1c(C(C)NC(=O)N(C)C2CCN(C)CC2)ccc(N(C)C)c1Cl. The van der Waals surface area contributed by atoms with Crippen LogP contribution in [0.15, 0.2) is 12.1 Å². The van der Waals surface area contributed by atoms with Crippen LogP contribution in [0.5, 0.6) is 0 Å². The Morgan fingerprint density at radius 1 is 1.28 bits per heavy atom. The van der Waals surface area contributed by atoms with E-state index in [9.17, 15) is 4.79 Å². The highest BCUT2D eigenvalue weighted by Gasteiger charge is 2.25. The van der Waals surface area contributed by atoms with Crippen molar-refractivity contribution >= 4 is 23.3 Å². The van der Waals surface area contributed by atoms with E-state index in [0.29, 0.717) is 6.04 Å². The monoisotopic (exact) mass is 366 g/mol. The second-order valence-electron chi connectivity index (χ2n) is 7.32. The van der Waals surface area contributed by atoms with Gasteiger partial charge in [0.15, 0.2) is 0 Å². The van der Waals surface area contributed by atoms with Crippen LogP contribution in [-0.2, 0) is 0 Å². The van der Waals surface area contributed by atoms with Gasteiger partial charge in [-0.05, 0) is 64.0 Å². The van der Waals surface area contributed by atoms with Crippen LogP contribution in [0.3, 0.4) is 0 Å². The molecule has 1 fully saturated rings. The average molecular weight is 367 g/mol. The molecule has 0 saturated carbocycles. The summed E-state index contributed by atoms with van der Waals surface area (Å²) in [7, 11) is 7.97. The van der Waals surface area contributed by atoms with E-state index in [-0.39, 0.29) is 12.1 Å². The molecular weight excluding hydrogens is 336 g/mol. The second-order valence-corrected chi connectivity index (χ2v) is 7.70. The van der Waals surface area contributed by atoms with Crippen molar-refractivity contribution in [3.63, 3.8) is 0 Å². The first-order chi connectivity index (χ1) is 11.7. The smallest absolute Gasteiger partial charge is 0.317 e. The summed E-state index contributed by atoms with van der Waals surface area (Å²) in [6, 6.07) is 4.26. The van der Waals surface area contributed by atoms with Gasteiger partial charge < -0.3 is 20.0 Å². The number of rotatable bonds is 4. The molecule has 25 heavy (non-hydrogen) atoms. The number of likely N-dealkylation sites (tertiary alicyclic amines) is 1. The van der Waals surface area contributed by atoms with Crippen LogP contribution in [0.1, 0.15) is 36.9 Å². The molecule has 0 radical (unpaired) electrons. The minimum atomic E-state index is -0.0880. The zero-order chi connectivity index (χ0) is 18.7. The lowest BCUT2D eigenvalue weighted by Crippen LogP contribution is -2.48. The zero-order valence-electron chi connectivity index (χ0n) is 16.3. The normalized spacial score (nSPS) is 17.2. The topological polar surface area (TPSA) is 38.8 Å². The number of halogens is 1. The van der Waals surface area contributed by atoms with E-state index in [1.54, 1.807) is 0 Å². The number of carbonyl (C=O) groups excluding carboxylic acids is 1. The number of amides is 2. The lowest BCUT2D eigenvalue weighted by atomic mass is 10.0. The number of nitrogens with zero attached hydrogens (tertiary/aromatic N) is 3. The Hall–Kier alpha value is -1.46. The van der Waals surface area contributed by atoms with Crippen molar-refractivity contribution in [3.05, 3.63) is 28.3 Å². The van der Waals surface area contributed by atoms with Crippen molar-refractivity contribution in [2.45, 2.75) is 38.8 Å². The summed E-state index contributed by atoms with van der Waals surface area (Å²) in [6.45, 7) is 6.10. The van der Waals surface area contributed by atoms with Gasteiger partial charge in [0.05, 0.1) is 16.8 Å². The first kappa shape index (κ1) is 19.9. The molecule has 1 aliphatic rings. The fourth-order valence-corrected chi connectivity index (χ4v) is 3.75. The molecule has 1 unspecified atom stereocenters. The highest BCUT2D eigenvalue weighted by atomic mass is 35.5. The lowest BCUT2D eigenvalue weighted by Gasteiger charge is -2.35. The Bertz CT molecular complexity index is 612. The van der Waals surface area contributed by atoms with Gasteiger partial charge >= 0.3 is 6.03 Å². The maximum absolute atomic E-state index is 12.6. The van der Waals surface area contributed by atoms with E-state index < -0.39 is 0 Å². The Morgan fingerprint density at radius 3 is 2.44 bits per heavy atom. The van der Waals surface area contributed by atoms with Gasteiger partial charge in [0.2, 0.25) is 0 Å². The number of hydrogen-bond donors (Lipinski definition) is 1. The molecular formula is C19H31ClN4O. The van der Waals surface area contributed by atoms with Crippen LogP contribution < -0.4 is 10.2 Å². The van der Waals surface area contributed by atoms with Crippen LogP contribution in [0.25, 0.3) is 0 Å². The summed E-state index contributed by atoms with van der Waals surface area (Å²) in [4.78, 5) is 18.8. The summed E-state index contributed by atoms with van der Waals surface area (Å²) in [5, 5.41) is 3.87. The maximum Gasteiger partial charge on any atom is 0.317 e. The Labute approximate surface area is 156 Å². The molecule has 1 saturated heterocycles. The fraction of sp³-hybridized carbons (Fsp3) is 0.632. The van der Waals surface area contributed by atoms with E-state index >= 15 is 0 Å². The summed E-state index contributed by atoms with van der Waals surface area (Å²) < 4.78 is 0. The summed E-state index contributed by atoms with van der Waals surface area (Å²) in [5.74, 6) is 0. The van der Waals surface area contributed by atoms with Crippen molar-refractivity contribution in [3.8, 4) is 0 Å². The molecule has 1 aliphatic heterocycles. The van der Waals surface area contributed by atoms with E-state index in [4.69, 9.17) is 11.6 Å². The predicted octanol–water partition coefficient (Wildman–Crippen LogP) is 3.51. The number of carbonyl (C=O) groups is 1. The molecule has 1 aromatic carbocycles. The van der Waals surface area contributed by atoms with Crippen LogP contribution in [-0.4, -0.2) is 63.2 Å². The van der Waals surface area contributed by atoms with Gasteiger partial charge in [0.1, 0.15) is 0 Å². The Balaban J connectivity index is 2.05. The Kier molecular flexibility index (Phi) is 6.58. The van der Waals surface area contributed by atoms with Crippen molar-refractivity contribution in [2.75, 3.05) is 46.2 Å². The molecule has 6 heteroatoms. The predicted molar refractivity (Wildman–Crippen MR) is 106 cm³/mol. The molecule has 0 aromatic heterocycles. The molecule has 2 rings (SSSR count). The van der Waals surface area contributed by atoms with Gasteiger partial charge in [0.25, 0.3) is 0 Å². The summed E-state index contributed by atoms with van der Waals surface area (Å²) in [5.41, 5.74) is 3.06. The van der Waals surface area contributed by atoms with Gasteiger partial charge in [-0.15, -0.1) is 0 Å². The Morgan fingerprint density at radius 2 is 1.88 bits per heavy atom. The molecule has 0 bridgehead atoms. The van der Waals surface area contributed by atoms with Gasteiger partial charge in [0, 0.05) is 27.2 Å². The quantitative estimate of drug-likeness (QED) is 0.886. The molecule has 2 amide bonds. The van der Waals surface area contributed by atoms with E-state index in [0.717, 1.165) is 47.8 Å². The van der Waals surface area contributed by atoms with Crippen molar-refractivity contribution in [1.82, 2.24) is 15.1 Å². The summed E-state index contributed by atoms with van der Waals surface area (Å²) in [6.07, 6.45) is 2.05. The molecule has 5 nitrogen and oxygen atoms in total. The van der Waals surface area contributed by atoms with Gasteiger partial charge in [-0.1, -0.05) is 17.7 Å². The van der Waals surface area contributed by atoms with Crippen molar-refractivity contribution in [2.24, 2.45) is 0 Å². The van der Waals surface area contributed by atoms with Crippen LogP contribution in [0.4, 0.5) is 10.5 Å². The highest BCUT2D eigenvalue weighted by Crippen LogP contribution is 2.32. The van der Waals surface area contributed by atoms with Crippen molar-refractivity contribution in [1.29, 1.82) is 0 Å². The number of benzene rings is 1. The van der Waals surface area contributed by atoms with Crippen LogP contribution in [0, 0.1) is 6.92 Å². The maximum atomic E-state index is 12.6. The second kappa shape index (κ2) is 8.28. The molecule has 140 valence electrons. The van der Waals surface area contributed by atoms with Gasteiger partial charge in [-0.3, -0.25) is 0 Å². The first-order valence-electron chi connectivity index (χ1n) is 8.90. The largest absolute Gasteiger partial charge is 0.376 e. The van der Waals surface area contributed by atoms with E-state index in [1.807, 2.05) is 50.9 Å². The zero-order valence-corrected chi connectivity index (χ0v) is 17.0. The number of nitrogens with one attached hydrogen (secondary N) is 1. The number of anilines is 1. The van der Waals surface area contributed by atoms with Crippen molar-refractivity contribution < 1.29 is 4.79 Å². The van der Waals surface area contributed by atoms with Gasteiger partial charge in [-0.2, -0.15) is 0 Å².